The number of primary amides is 1. The highest BCUT2D eigenvalue weighted by Gasteiger charge is 2.20. The molecule has 0 fully saturated rings. The molecule has 1 rings (SSSR count). The number of nitrogens with zero attached hydrogens (tertiary/aromatic N) is 1. The van der Waals surface area contributed by atoms with Gasteiger partial charge in [-0.2, -0.15) is 0 Å². The number of rotatable bonds is 5. The molecule has 0 aliphatic heterocycles. The second kappa shape index (κ2) is 5.52. The summed E-state index contributed by atoms with van der Waals surface area (Å²) in [4.78, 5) is 23.1. The van der Waals surface area contributed by atoms with Crippen LogP contribution in [0.1, 0.15) is 30.8 Å². The average Bonchev–Trinajstić information content (AvgIpc) is 2.62. The van der Waals surface area contributed by atoms with Gasteiger partial charge in [0.15, 0.2) is 0 Å². The molecule has 3 N–H and O–H groups in total. The molecule has 0 bridgehead atoms. The van der Waals surface area contributed by atoms with Gasteiger partial charge in [-0.3, -0.25) is 9.59 Å². The minimum atomic E-state index is -0.614. The number of aromatic nitrogens is 1. The number of aryl methyl sites for hydroxylation is 1. The van der Waals surface area contributed by atoms with Gasteiger partial charge in [-0.25, -0.2) is 0 Å². The Bertz CT molecular complexity index is 410. The van der Waals surface area contributed by atoms with E-state index in [1.165, 1.54) is 0 Å². The predicted octanol–water partition coefficient (Wildman–Crippen LogP) is 0.655. The molecule has 1 aromatic heterocycles. The number of carbonyl (C=O) groups excluding carboxylic acids is 2. The molecule has 0 saturated carbocycles. The third kappa shape index (κ3) is 3.62. The van der Waals surface area contributed by atoms with Crippen molar-refractivity contribution in [3.63, 3.8) is 0 Å². The number of hydrogen-bond acceptors (Lipinski definition) is 2. The number of nitrogens with one attached hydrogen (secondary N) is 1. The van der Waals surface area contributed by atoms with Gasteiger partial charge in [0.25, 0.3) is 5.91 Å². The average molecular weight is 237 g/mol. The lowest BCUT2D eigenvalue weighted by Crippen LogP contribution is -2.45. The quantitative estimate of drug-likeness (QED) is 0.789. The van der Waals surface area contributed by atoms with Crippen molar-refractivity contribution in [1.82, 2.24) is 9.88 Å². The molecule has 94 valence electrons. The van der Waals surface area contributed by atoms with E-state index in [1.54, 1.807) is 29.9 Å². The summed E-state index contributed by atoms with van der Waals surface area (Å²) in [6, 6.07) is 2.86. The summed E-state index contributed by atoms with van der Waals surface area (Å²) in [6.45, 7) is 3.95. The van der Waals surface area contributed by atoms with Crippen LogP contribution in [0.15, 0.2) is 18.3 Å². The summed E-state index contributed by atoms with van der Waals surface area (Å²) in [5, 5.41) is 2.66. The van der Waals surface area contributed by atoms with E-state index in [2.05, 4.69) is 5.32 Å². The fourth-order valence-corrected chi connectivity index (χ4v) is 1.65. The lowest BCUT2D eigenvalue weighted by molar-refractivity contribution is -0.120. The van der Waals surface area contributed by atoms with Gasteiger partial charge in [-0.1, -0.05) is 13.8 Å². The van der Waals surface area contributed by atoms with Gasteiger partial charge in [-0.05, 0) is 24.5 Å². The molecule has 1 atom stereocenters. The highest BCUT2D eigenvalue weighted by Crippen LogP contribution is 2.06. The minimum Gasteiger partial charge on any atom is -0.368 e. The molecule has 5 nitrogen and oxygen atoms in total. The largest absolute Gasteiger partial charge is 0.368 e. The van der Waals surface area contributed by atoms with Crippen LogP contribution in [-0.2, 0) is 11.8 Å². The van der Waals surface area contributed by atoms with Crippen LogP contribution in [0.25, 0.3) is 0 Å². The number of carbonyl (C=O) groups is 2. The van der Waals surface area contributed by atoms with E-state index in [0.29, 0.717) is 18.0 Å². The Balaban J connectivity index is 2.71. The van der Waals surface area contributed by atoms with Crippen molar-refractivity contribution < 1.29 is 9.59 Å². The SMILES string of the molecule is CC(C)CC(NC(=O)c1cccn1C)C(N)=O. The van der Waals surface area contributed by atoms with Gasteiger partial charge in [0.1, 0.15) is 11.7 Å². The first-order chi connectivity index (χ1) is 7.91. The molecule has 5 heteroatoms. The monoisotopic (exact) mass is 237 g/mol. The Morgan fingerprint density at radius 3 is 2.53 bits per heavy atom. The van der Waals surface area contributed by atoms with Crippen molar-refractivity contribution in [2.75, 3.05) is 0 Å². The first kappa shape index (κ1) is 13.3. The first-order valence-electron chi connectivity index (χ1n) is 5.63. The van der Waals surface area contributed by atoms with Gasteiger partial charge < -0.3 is 15.6 Å². The molecule has 0 aromatic carbocycles. The number of nitrogens with two attached hydrogens (primary N) is 1. The molecule has 0 radical (unpaired) electrons. The topological polar surface area (TPSA) is 77.1 Å². The molecule has 17 heavy (non-hydrogen) atoms. The molecule has 1 aromatic rings. The van der Waals surface area contributed by atoms with E-state index in [4.69, 9.17) is 5.73 Å². The molecular formula is C12H19N3O2. The van der Waals surface area contributed by atoms with E-state index in [1.807, 2.05) is 13.8 Å². The smallest absolute Gasteiger partial charge is 0.268 e. The fraction of sp³-hybridized carbons (Fsp3) is 0.500. The maximum atomic E-state index is 11.9. The van der Waals surface area contributed by atoms with Gasteiger partial charge >= 0.3 is 0 Å². The lowest BCUT2D eigenvalue weighted by atomic mass is 10.0. The van der Waals surface area contributed by atoms with Gasteiger partial charge in [0.2, 0.25) is 5.91 Å². The standard InChI is InChI=1S/C12H19N3O2/c1-8(2)7-9(11(13)16)14-12(17)10-5-4-6-15(10)3/h4-6,8-9H,7H2,1-3H3,(H2,13,16)(H,14,17). The summed E-state index contributed by atoms with van der Waals surface area (Å²) in [7, 11) is 1.77. The van der Waals surface area contributed by atoms with Gasteiger partial charge in [0.05, 0.1) is 0 Å². The van der Waals surface area contributed by atoms with Crippen LogP contribution in [-0.4, -0.2) is 22.4 Å². The lowest BCUT2D eigenvalue weighted by Gasteiger charge is -2.17. The molecule has 0 spiro atoms. The molecule has 1 unspecified atom stereocenters. The highest BCUT2D eigenvalue weighted by atomic mass is 16.2. The zero-order valence-corrected chi connectivity index (χ0v) is 10.4. The molecule has 0 aliphatic carbocycles. The Morgan fingerprint density at radius 1 is 1.47 bits per heavy atom. The molecule has 2 amide bonds. The van der Waals surface area contributed by atoms with Crippen LogP contribution < -0.4 is 11.1 Å². The second-order valence-electron chi connectivity index (χ2n) is 4.56. The maximum absolute atomic E-state index is 11.9. The van der Waals surface area contributed by atoms with E-state index in [9.17, 15) is 9.59 Å². The van der Waals surface area contributed by atoms with E-state index in [-0.39, 0.29) is 5.91 Å². The van der Waals surface area contributed by atoms with E-state index >= 15 is 0 Å². The van der Waals surface area contributed by atoms with Crippen LogP contribution in [0.2, 0.25) is 0 Å². The summed E-state index contributed by atoms with van der Waals surface area (Å²) in [5.41, 5.74) is 5.78. The summed E-state index contributed by atoms with van der Waals surface area (Å²) < 4.78 is 1.70. The zero-order valence-electron chi connectivity index (χ0n) is 10.4. The third-order valence-corrected chi connectivity index (χ3v) is 2.53. The Hall–Kier alpha value is -1.78. The Labute approximate surface area is 101 Å². The highest BCUT2D eigenvalue weighted by molar-refractivity contribution is 5.96. The van der Waals surface area contributed by atoms with Crippen molar-refractivity contribution >= 4 is 11.8 Å². The van der Waals surface area contributed by atoms with Crippen molar-refractivity contribution in [1.29, 1.82) is 0 Å². The number of hydrogen-bond donors (Lipinski definition) is 2. The van der Waals surface area contributed by atoms with Gasteiger partial charge in [0, 0.05) is 13.2 Å². The van der Waals surface area contributed by atoms with Crippen molar-refractivity contribution in [2.24, 2.45) is 18.7 Å². The normalized spacial score (nSPS) is 12.5. The Morgan fingerprint density at radius 2 is 2.12 bits per heavy atom. The van der Waals surface area contributed by atoms with Gasteiger partial charge in [-0.15, -0.1) is 0 Å². The second-order valence-corrected chi connectivity index (χ2v) is 4.56. The minimum absolute atomic E-state index is 0.276. The van der Waals surface area contributed by atoms with Crippen LogP contribution in [0.3, 0.4) is 0 Å². The molecular weight excluding hydrogens is 218 g/mol. The van der Waals surface area contributed by atoms with E-state index < -0.39 is 11.9 Å². The van der Waals surface area contributed by atoms with E-state index in [0.717, 1.165) is 0 Å². The molecule has 1 heterocycles. The summed E-state index contributed by atoms with van der Waals surface area (Å²) in [5.74, 6) is -0.482. The molecule has 0 aliphatic rings. The molecule has 0 saturated heterocycles. The first-order valence-corrected chi connectivity index (χ1v) is 5.63. The summed E-state index contributed by atoms with van der Waals surface area (Å²) >= 11 is 0. The van der Waals surface area contributed by atoms with Crippen LogP contribution in [0.4, 0.5) is 0 Å². The Kier molecular flexibility index (Phi) is 4.31. The van der Waals surface area contributed by atoms with Crippen molar-refractivity contribution in [3.05, 3.63) is 24.0 Å². The van der Waals surface area contributed by atoms with Crippen LogP contribution in [0.5, 0.6) is 0 Å². The van der Waals surface area contributed by atoms with Crippen molar-refractivity contribution in [2.45, 2.75) is 26.3 Å². The summed E-state index contributed by atoms with van der Waals surface area (Å²) in [6.07, 6.45) is 2.32. The zero-order chi connectivity index (χ0) is 13.0. The number of amides is 2. The maximum Gasteiger partial charge on any atom is 0.268 e. The third-order valence-electron chi connectivity index (χ3n) is 2.53. The van der Waals surface area contributed by atoms with Crippen molar-refractivity contribution in [3.8, 4) is 0 Å². The van der Waals surface area contributed by atoms with Crippen LogP contribution in [0, 0.1) is 5.92 Å². The predicted molar refractivity (Wildman–Crippen MR) is 65.3 cm³/mol. The van der Waals surface area contributed by atoms with Crippen LogP contribution >= 0.6 is 0 Å². The fourth-order valence-electron chi connectivity index (χ4n) is 1.65.